The summed E-state index contributed by atoms with van der Waals surface area (Å²) in [6.07, 6.45) is 3.37. The van der Waals surface area contributed by atoms with E-state index in [1.54, 1.807) is 18.2 Å². The van der Waals surface area contributed by atoms with E-state index in [4.69, 9.17) is 11.6 Å². The lowest BCUT2D eigenvalue weighted by molar-refractivity contribution is 0.0894. The van der Waals surface area contributed by atoms with Crippen LogP contribution in [0.2, 0.25) is 5.02 Å². The average molecular weight is 356 g/mol. The maximum Gasteiger partial charge on any atom is 0.252 e. The zero-order valence-electron chi connectivity index (χ0n) is 11.2. The Kier molecular flexibility index (Phi) is 4.72. The van der Waals surface area contributed by atoms with Crippen molar-refractivity contribution in [3.8, 4) is 6.07 Å². The summed E-state index contributed by atoms with van der Waals surface area (Å²) in [5.74, 6) is 0.400. The van der Waals surface area contributed by atoms with Crippen molar-refractivity contribution in [2.75, 3.05) is 0 Å². The van der Waals surface area contributed by atoms with Crippen LogP contribution in [0.15, 0.2) is 22.7 Å². The predicted octanol–water partition coefficient (Wildman–Crippen LogP) is 4.30. The summed E-state index contributed by atoms with van der Waals surface area (Å²) in [6, 6.07) is 7.30. The fraction of sp³-hybridized carbons (Fsp3) is 0.467. The van der Waals surface area contributed by atoms with E-state index >= 15 is 0 Å². The first-order chi connectivity index (χ1) is 9.46. The van der Waals surface area contributed by atoms with Gasteiger partial charge in [0.1, 0.15) is 5.54 Å². The summed E-state index contributed by atoms with van der Waals surface area (Å²) >= 11 is 9.22. The standard InChI is InChI=1S/C15H16BrClN2O/c1-10-4-6-15(9-18,7-5-10)19-14(20)11-2-3-13(17)12(16)8-11/h2-3,8,10H,4-7H2,1H3,(H,19,20). The Hall–Kier alpha value is -1.05. The summed E-state index contributed by atoms with van der Waals surface area (Å²) < 4.78 is 0.676. The van der Waals surface area contributed by atoms with Crippen LogP contribution in [0, 0.1) is 17.2 Å². The summed E-state index contributed by atoms with van der Waals surface area (Å²) in [6.45, 7) is 2.18. The Labute approximate surface area is 132 Å². The smallest absolute Gasteiger partial charge is 0.252 e. The van der Waals surface area contributed by atoms with E-state index in [9.17, 15) is 10.1 Å². The number of amides is 1. The molecule has 5 heteroatoms. The molecule has 1 aliphatic rings. The molecule has 0 spiro atoms. The second-order valence-corrected chi connectivity index (χ2v) is 6.72. The monoisotopic (exact) mass is 354 g/mol. The first-order valence-electron chi connectivity index (χ1n) is 6.64. The molecule has 0 radical (unpaired) electrons. The van der Waals surface area contributed by atoms with Crippen LogP contribution in [0.25, 0.3) is 0 Å². The minimum Gasteiger partial charge on any atom is -0.334 e. The molecular formula is C15H16BrClN2O. The molecule has 3 nitrogen and oxygen atoms in total. The van der Waals surface area contributed by atoms with E-state index in [1.165, 1.54) is 0 Å². The zero-order chi connectivity index (χ0) is 14.8. The van der Waals surface area contributed by atoms with Gasteiger partial charge in [-0.05, 0) is 65.7 Å². The van der Waals surface area contributed by atoms with E-state index in [-0.39, 0.29) is 5.91 Å². The second kappa shape index (κ2) is 6.15. The molecule has 1 N–H and O–H groups in total. The fourth-order valence-electron chi connectivity index (χ4n) is 2.45. The maximum absolute atomic E-state index is 12.3. The highest BCUT2D eigenvalue weighted by Gasteiger charge is 2.35. The predicted molar refractivity (Wildman–Crippen MR) is 82.6 cm³/mol. The van der Waals surface area contributed by atoms with Crippen LogP contribution in [0.5, 0.6) is 0 Å². The number of carbonyl (C=O) groups is 1. The Morgan fingerprint density at radius 2 is 2.15 bits per heavy atom. The van der Waals surface area contributed by atoms with Crippen molar-refractivity contribution in [3.05, 3.63) is 33.3 Å². The zero-order valence-corrected chi connectivity index (χ0v) is 13.6. The van der Waals surface area contributed by atoms with Crippen LogP contribution in [0.4, 0.5) is 0 Å². The lowest BCUT2D eigenvalue weighted by Crippen LogP contribution is -2.49. The van der Waals surface area contributed by atoms with Crippen LogP contribution in [0.3, 0.4) is 0 Å². The number of benzene rings is 1. The third kappa shape index (κ3) is 3.34. The minimum absolute atomic E-state index is 0.224. The highest BCUT2D eigenvalue weighted by Crippen LogP contribution is 2.32. The van der Waals surface area contributed by atoms with Crippen LogP contribution >= 0.6 is 27.5 Å². The SMILES string of the molecule is CC1CCC(C#N)(NC(=O)c2ccc(Cl)c(Br)c2)CC1. The van der Waals surface area contributed by atoms with E-state index in [1.807, 2.05) is 0 Å². The number of nitrogens with zero attached hydrogens (tertiary/aromatic N) is 1. The topological polar surface area (TPSA) is 52.9 Å². The molecule has 1 aliphatic carbocycles. The van der Waals surface area contributed by atoms with Gasteiger partial charge < -0.3 is 5.32 Å². The Bertz CT molecular complexity index is 559. The van der Waals surface area contributed by atoms with E-state index in [0.717, 1.165) is 12.8 Å². The molecule has 1 fully saturated rings. The summed E-state index contributed by atoms with van der Waals surface area (Å²) in [4.78, 5) is 12.3. The molecular weight excluding hydrogens is 340 g/mol. The number of rotatable bonds is 2. The van der Waals surface area contributed by atoms with Gasteiger partial charge in [0, 0.05) is 10.0 Å². The van der Waals surface area contributed by atoms with Gasteiger partial charge in [-0.25, -0.2) is 0 Å². The van der Waals surface area contributed by atoms with Gasteiger partial charge in [0.05, 0.1) is 11.1 Å². The number of hydrogen-bond acceptors (Lipinski definition) is 2. The van der Waals surface area contributed by atoms with Crippen LogP contribution < -0.4 is 5.32 Å². The normalized spacial score (nSPS) is 25.8. The van der Waals surface area contributed by atoms with Gasteiger partial charge >= 0.3 is 0 Å². The molecule has 1 saturated carbocycles. The van der Waals surface area contributed by atoms with Gasteiger partial charge in [0.2, 0.25) is 0 Å². The molecule has 106 valence electrons. The van der Waals surface area contributed by atoms with E-state index in [2.05, 4.69) is 34.2 Å². The fourth-order valence-corrected chi connectivity index (χ4v) is 2.94. The molecule has 0 aromatic heterocycles. The van der Waals surface area contributed by atoms with Crippen LogP contribution in [-0.2, 0) is 0 Å². The molecule has 0 aliphatic heterocycles. The van der Waals surface area contributed by atoms with Gasteiger partial charge in [-0.3, -0.25) is 4.79 Å². The van der Waals surface area contributed by atoms with Gasteiger partial charge in [0.15, 0.2) is 0 Å². The second-order valence-electron chi connectivity index (χ2n) is 5.46. The van der Waals surface area contributed by atoms with Crippen LogP contribution in [-0.4, -0.2) is 11.4 Å². The van der Waals surface area contributed by atoms with Crippen molar-refractivity contribution in [1.82, 2.24) is 5.32 Å². The molecule has 0 heterocycles. The molecule has 2 rings (SSSR count). The van der Waals surface area contributed by atoms with E-state index < -0.39 is 5.54 Å². The molecule has 1 amide bonds. The lowest BCUT2D eigenvalue weighted by Gasteiger charge is -2.34. The molecule has 0 atom stereocenters. The number of carbonyl (C=O) groups excluding carboxylic acids is 1. The Morgan fingerprint density at radius 3 is 2.70 bits per heavy atom. The van der Waals surface area contributed by atoms with Gasteiger partial charge in [-0.2, -0.15) is 5.26 Å². The van der Waals surface area contributed by atoms with Crippen molar-refractivity contribution in [2.45, 2.75) is 38.1 Å². The van der Waals surface area contributed by atoms with Gasteiger partial charge in [-0.1, -0.05) is 18.5 Å². The Morgan fingerprint density at radius 1 is 1.50 bits per heavy atom. The number of hydrogen-bond donors (Lipinski definition) is 1. The molecule has 20 heavy (non-hydrogen) atoms. The third-order valence-corrected chi connectivity index (χ3v) is 5.09. The summed E-state index contributed by atoms with van der Waals surface area (Å²) in [5.41, 5.74) is -0.218. The van der Waals surface area contributed by atoms with Crippen molar-refractivity contribution >= 4 is 33.4 Å². The van der Waals surface area contributed by atoms with Crippen molar-refractivity contribution in [2.24, 2.45) is 5.92 Å². The summed E-state index contributed by atoms with van der Waals surface area (Å²) in [5, 5.41) is 12.9. The van der Waals surface area contributed by atoms with Crippen molar-refractivity contribution < 1.29 is 4.79 Å². The highest BCUT2D eigenvalue weighted by molar-refractivity contribution is 9.10. The average Bonchev–Trinajstić information content (AvgIpc) is 2.44. The molecule has 0 bridgehead atoms. The van der Waals surface area contributed by atoms with Crippen molar-refractivity contribution in [3.63, 3.8) is 0 Å². The molecule has 1 aromatic carbocycles. The molecule has 1 aromatic rings. The highest BCUT2D eigenvalue weighted by atomic mass is 79.9. The lowest BCUT2D eigenvalue weighted by atomic mass is 9.78. The first-order valence-corrected chi connectivity index (χ1v) is 7.82. The number of halogens is 2. The van der Waals surface area contributed by atoms with Gasteiger partial charge in [-0.15, -0.1) is 0 Å². The van der Waals surface area contributed by atoms with Gasteiger partial charge in [0.25, 0.3) is 5.91 Å². The minimum atomic E-state index is -0.726. The third-order valence-electron chi connectivity index (χ3n) is 3.88. The Balaban J connectivity index is 2.13. The number of nitriles is 1. The largest absolute Gasteiger partial charge is 0.334 e. The van der Waals surface area contributed by atoms with Crippen molar-refractivity contribution in [1.29, 1.82) is 5.26 Å². The first kappa shape index (κ1) is 15.3. The maximum atomic E-state index is 12.3. The molecule has 0 saturated heterocycles. The summed E-state index contributed by atoms with van der Waals surface area (Å²) in [7, 11) is 0. The quantitative estimate of drug-likeness (QED) is 0.859. The van der Waals surface area contributed by atoms with E-state index in [0.29, 0.717) is 33.8 Å². The number of nitrogens with one attached hydrogen (secondary N) is 1. The van der Waals surface area contributed by atoms with Crippen LogP contribution in [0.1, 0.15) is 43.0 Å². The molecule has 0 unspecified atom stereocenters.